The summed E-state index contributed by atoms with van der Waals surface area (Å²) in [6.45, 7) is 7.48. The zero-order valence-corrected chi connectivity index (χ0v) is 19.0. The summed E-state index contributed by atoms with van der Waals surface area (Å²) in [4.78, 5) is 24.5. The summed E-state index contributed by atoms with van der Waals surface area (Å²) in [7, 11) is -2.41. The van der Waals surface area contributed by atoms with Crippen LogP contribution in [-0.4, -0.2) is 40.2 Å². The van der Waals surface area contributed by atoms with Crippen LogP contribution in [0.3, 0.4) is 0 Å². The highest BCUT2D eigenvalue weighted by atomic mass is 32.2. The van der Waals surface area contributed by atoms with E-state index in [0.29, 0.717) is 22.5 Å². The van der Waals surface area contributed by atoms with Crippen LogP contribution >= 0.6 is 0 Å². The third-order valence-corrected chi connectivity index (χ3v) is 5.86. The van der Waals surface area contributed by atoms with Gasteiger partial charge in [0, 0.05) is 5.69 Å². The standard InChI is InChI=1S/C22H28N2O5S/c1-15-18(21(26)29-5)8-7-9-19(15)23-20(25)14-24(30(6,27)28)17-12-10-16(11-13-17)22(2,3)4/h7-13H,14H2,1-6H3,(H,23,25). The number of anilines is 2. The minimum Gasteiger partial charge on any atom is -0.465 e. The molecule has 162 valence electrons. The van der Waals surface area contributed by atoms with Crippen molar-refractivity contribution in [3.05, 3.63) is 59.2 Å². The number of benzene rings is 2. The van der Waals surface area contributed by atoms with Gasteiger partial charge in [0.05, 0.1) is 24.6 Å². The molecule has 30 heavy (non-hydrogen) atoms. The van der Waals surface area contributed by atoms with Crippen molar-refractivity contribution in [3.8, 4) is 0 Å². The number of rotatable bonds is 6. The fourth-order valence-electron chi connectivity index (χ4n) is 2.95. The molecule has 0 aliphatic heterocycles. The molecule has 0 saturated heterocycles. The highest BCUT2D eigenvalue weighted by Gasteiger charge is 2.23. The van der Waals surface area contributed by atoms with Crippen molar-refractivity contribution < 1.29 is 22.7 Å². The van der Waals surface area contributed by atoms with Gasteiger partial charge in [-0.1, -0.05) is 39.0 Å². The Hall–Kier alpha value is -2.87. The fraction of sp³-hybridized carbons (Fsp3) is 0.364. The van der Waals surface area contributed by atoms with E-state index < -0.39 is 28.4 Å². The molecule has 0 saturated carbocycles. The number of methoxy groups -OCH3 is 1. The molecule has 0 atom stereocenters. The Morgan fingerprint density at radius 3 is 2.17 bits per heavy atom. The summed E-state index contributed by atoms with van der Waals surface area (Å²) in [6.07, 6.45) is 1.06. The molecule has 2 rings (SSSR count). The molecule has 0 aromatic heterocycles. The van der Waals surface area contributed by atoms with Crippen molar-refractivity contribution in [2.24, 2.45) is 0 Å². The molecule has 0 aliphatic rings. The van der Waals surface area contributed by atoms with Crippen LogP contribution in [0.25, 0.3) is 0 Å². The number of hydrogen-bond donors (Lipinski definition) is 1. The van der Waals surface area contributed by atoms with Crippen molar-refractivity contribution in [1.82, 2.24) is 0 Å². The number of ether oxygens (including phenoxy) is 1. The molecule has 0 aliphatic carbocycles. The number of carbonyl (C=O) groups is 2. The lowest BCUT2D eigenvalue weighted by atomic mass is 9.87. The Bertz CT molecular complexity index is 1040. The summed E-state index contributed by atoms with van der Waals surface area (Å²) >= 11 is 0. The zero-order chi connectivity index (χ0) is 22.7. The van der Waals surface area contributed by atoms with Gasteiger partial charge in [-0.3, -0.25) is 9.10 Å². The molecular weight excluding hydrogens is 404 g/mol. The van der Waals surface area contributed by atoms with Crippen molar-refractivity contribution in [3.63, 3.8) is 0 Å². The Morgan fingerprint density at radius 1 is 1.07 bits per heavy atom. The van der Waals surface area contributed by atoms with E-state index in [4.69, 9.17) is 4.74 Å². The number of esters is 1. The second kappa shape index (κ2) is 8.87. The Kier molecular flexibility index (Phi) is 6.92. The van der Waals surface area contributed by atoms with Crippen molar-refractivity contribution >= 4 is 33.3 Å². The SMILES string of the molecule is COC(=O)c1cccc(NC(=O)CN(c2ccc(C(C)(C)C)cc2)S(C)(=O)=O)c1C. The Labute approximate surface area is 178 Å². The fourth-order valence-corrected chi connectivity index (χ4v) is 3.81. The molecular formula is C22H28N2O5S. The van der Waals surface area contributed by atoms with Gasteiger partial charge >= 0.3 is 5.97 Å². The molecule has 0 unspecified atom stereocenters. The van der Waals surface area contributed by atoms with Gasteiger partial charge in [-0.15, -0.1) is 0 Å². The lowest BCUT2D eigenvalue weighted by Gasteiger charge is -2.24. The predicted octanol–water partition coefficient (Wildman–Crippen LogP) is 3.48. The van der Waals surface area contributed by atoms with E-state index in [1.807, 2.05) is 12.1 Å². The predicted molar refractivity (Wildman–Crippen MR) is 118 cm³/mol. The quantitative estimate of drug-likeness (QED) is 0.706. The van der Waals surface area contributed by atoms with Crippen LogP contribution in [0.15, 0.2) is 42.5 Å². The first kappa shape index (κ1) is 23.4. The van der Waals surface area contributed by atoms with E-state index in [1.54, 1.807) is 37.3 Å². The molecule has 1 amide bonds. The minimum atomic E-state index is -3.69. The topological polar surface area (TPSA) is 92.8 Å². The summed E-state index contributed by atoms with van der Waals surface area (Å²) < 4.78 is 30.5. The smallest absolute Gasteiger partial charge is 0.338 e. The number of carbonyl (C=O) groups excluding carboxylic acids is 2. The maximum atomic E-state index is 12.6. The third-order valence-electron chi connectivity index (χ3n) is 4.72. The zero-order valence-electron chi connectivity index (χ0n) is 18.1. The lowest BCUT2D eigenvalue weighted by molar-refractivity contribution is -0.114. The van der Waals surface area contributed by atoms with Gasteiger partial charge < -0.3 is 10.1 Å². The summed E-state index contributed by atoms with van der Waals surface area (Å²) in [5.41, 5.74) is 2.67. The van der Waals surface area contributed by atoms with Gasteiger partial charge in [0.25, 0.3) is 0 Å². The van der Waals surface area contributed by atoms with Crippen molar-refractivity contribution in [2.75, 3.05) is 29.5 Å². The van der Waals surface area contributed by atoms with Crippen LogP contribution in [0.2, 0.25) is 0 Å². The van der Waals surface area contributed by atoms with Crippen LogP contribution < -0.4 is 9.62 Å². The molecule has 0 heterocycles. The average Bonchev–Trinajstić information content (AvgIpc) is 2.65. The first-order chi connectivity index (χ1) is 13.8. The van der Waals surface area contributed by atoms with Gasteiger partial charge in [-0.05, 0) is 47.7 Å². The molecule has 0 bridgehead atoms. The average molecular weight is 433 g/mol. The Balaban J connectivity index is 2.27. The van der Waals surface area contributed by atoms with E-state index in [0.717, 1.165) is 16.1 Å². The molecule has 0 spiro atoms. The molecule has 1 N–H and O–H groups in total. The molecule has 2 aromatic rings. The maximum absolute atomic E-state index is 12.6. The monoisotopic (exact) mass is 432 g/mol. The third kappa shape index (κ3) is 5.60. The van der Waals surface area contributed by atoms with E-state index in [1.165, 1.54) is 7.11 Å². The van der Waals surface area contributed by atoms with Gasteiger partial charge in [-0.2, -0.15) is 0 Å². The first-order valence-corrected chi connectivity index (χ1v) is 11.3. The second-order valence-corrected chi connectivity index (χ2v) is 9.99. The van der Waals surface area contributed by atoms with Crippen LogP contribution in [0, 0.1) is 6.92 Å². The highest BCUT2D eigenvalue weighted by molar-refractivity contribution is 7.92. The summed E-state index contributed by atoms with van der Waals surface area (Å²) in [5, 5.41) is 2.68. The first-order valence-electron chi connectivity index (χ1n) is 9.40. The van der Waals surface area contributed by atoms with Gasteiger partial charge in [-0.25, -0.2) is 13.2 Å². The molecule has 7 nitrogen and oxygen atoms in total. The van der Waals surface area contributed by atoms with Gasteiger partial charge in [0.2, 0.25) is 15.9 Å². The van der Waals surface area contributed by atoms with Crippen LogP contribution in [-0.2, 0) is 25.0 Å². The highest BCUT2D eigenvalue weighted by Crippen LogP contribution is 2.26. The number of nitrogens with zero attached hydrogens (tertiary/aromatic N) is 1. The van der Waals surface area contributed by atoms with E-state index in [2.05, 4.69) is 26.1 Å². The number of amides is 1. The normalized spacial score (nSPS) is 11.7. The van der Waals surface area contributed by atoms with E-state index in [9.17, 15) is 18.0 Å². The molecule has 8 heteroatoms. The summed E-state index contributed by atoms with van der Waals surface area (Å²) in [5.74, 6) is -1.04. The van der Waals surface area contributed by atoms with Crippen molar-refractivity contribution in [2.45, 2.75) is 33.1 Å². The van der Waals surface area contributed by atoms with Gasteiger partial charge in [0.15, 0.2) is 0 Å². The van der Waals surface area contributed by atoms with Crippen LogP contribution in [0.1, 0.15) is 42.3 Å². The molecule has 0 radical (unpaired) electrons. The Morgan fingerprint density at radius 2 is 1.67 bits per heavy atom. The second-order valence-electron chi connectivity index (χ2n) is 8.08. The minimum absolute atomic E-state index is 0.0754. The molecule has 0 fully saturated rings. The van der Waals surface area contributed by atoms with E-state index in [-0.39, 0.29) is 5.41 Å². The molecule has 2 aromatic carbocycles. The lowest BCUT2D eigenvalue weighted by Crippen LogP contribution is -2.37. The van der Waals surface area contributed by atoms with Crippen molar-refractivity contribution in [1.29, 1.82) is 0 Å². The van der Waals surface area contributed by atoms with Crippen LogP contribution in [0.4, 0.5) is 11.4 Å². The van der Waals surface area contributed by atoms with Crippen LogP contribution in [0.5, 0.6) is 0 Å². The largest absolute Gasteiger partial charge is 0.465 e. The maximum Gasteiger partial charge on any atom is 0.338 e. The number of nitrogens with one attached hydrogen (secondary N) is 1. The summed E-state index contributed by atoms with van der Waals surface area (Å²) in [6, 6.07) is 12.0. The number of hydrogen-bond acceptors (Lipinski definition) is 5. The van der Waals surface area contributed by atoms with Gasteiger partial charge in [0.1, 0.15) is 6.54 Å². The number of sulfonamides is 1. The van der Waals surface area contributed by atoms with E-state index >= 15 is 0 Å².